The van der Waals surface area contributed by atoms with E-state index < -0.39 is 10.0 Å². The molecule has 1 aromatic rings. The number of methoxy groups -OCH3 is 1. The van der Waals surface area contributed by atoms with Crippen LogP contribution >= 0.6 is 11.6 Å². The van der Waals surface area contributed by atoms with Gasteiger partial charge in [0, 0.05) is 24.7 Å². The van der Waals surface area contributed by atoms with E-state index in [1.54, 1.807) is 6.07 Å². The van der Waals surface area contributed by atoms with Crippen LogP contribution in [0.4, 0.5) is 0 Å². The Bertz CT molecular complexity index is 721. The summed E-state index contributed by atoms with van der Waals surface area (Å²) in [5.41, 5.74) is 0. The van der Waals surface area contributed by atoms with Crippen LogP contribution in [0.15, 0.2) is 23.1 Å². The predicted molar refractivity (Wildman–Crippen MR) is 97.3 cm³/mol. The summed E-state index contributed by atoms with van der Waals surface area (Å²) in [6, 6.07) is 4.50. The molecule has 8 heteroatoms. The Morgan fingerprint density at radius 1 is 1.44 bits per heavy atom. The zero-order valence-corrected chi connectivity index (χ0v) is 16.4. The molecule has 0 radical (unpaired) electrons. The number of nitrogens with zero attached hydrogens (tertiary/aromatic N) is 1. The van der Waals surface area contributed by atoms with Gasteiger partial charge in [0.1, 0.15) is 10.6 Å². The molecule has 1 saturated heterocycles. The molecule has 1 aliphatic rings. The number of ether oxygens (including phenoxy) is 1. The lowest BCUT2D eigenvalue weighted by molar-refractivity contribution is -0.126. The minimum absolute atomic E-state index is 0.0331. The molecule has 25 heavy (non-hydrogen) atoms. The first-order valence-corrected chi connectivity index (χ1v) is 10.2. The van der Waals surface area contributed by atoms with Crippen LogP contribution in [-0.4, -0.2) is 45.4 Å². The number of amides is 1. The number of piperidine rings is 1. The molecule has 1 aliphatic heterocycles. The number of benzene rings is 1. The number of carbonyl (C=O) groups excluding carboxylic acids is 1. The van der Waals surface area contributed by atoms with Gasteiger partial charge >= 0.3 is 0 Å². The summed E-state index contributed by atoms with van der Waals surface area (Å²) in [5, 5.41) is 3.21. The molecule has 1 N–H and O–H groups in total. The van der Waals surface area contributed by atoms with Crippen LogP contribution in [0.2, 0.25) is 5.02 Å². The maximum Gasteiger partial charge on any atom is 0.246 e. The molecule has 6 nitrogen and oxygen atoms in total. The topological polar surface area (TPSA) is 75.7 Å². The Kier molecular flexibility index (Phi) is 6.71. The van der Waals surface area contributed by atoms with E-state index in [2.05, 4.69) is 5.32 Å². The summed E-state index contributed by atoms with van der Waals surface area (Å²) >= 11 is 5.97. The molecular formula is C17H25ClN2O4S. The van der Waals surface area contributed by atoms with Crippen molar-refractivity contribution >= 4 is 27.5 Å². The lowest BCUT2D eigenvalue weighted by Gasteiger charge is -2.31. The molecule has 1 amide bonds. The molecule has 0 unspecified atom stereocenters. The zero-order valence-electron chi connectivity index (χ0n) is 14.8. The van der Waals surface area contributed by atoms with E-state index in [1.165, 1.54) is 23.5 Å². The van der Waals surface area contributed by atoms with Gasteiger partial charge in [-0.15, -0.1) is 0 Å². The molecule has 0 aromatic heterocycles. The lowest BCUT2D eigenvalue weighted by Crippen LogP contribution is -2.46. The molecule has 1 fully saturated rings. The Labute approximate surface area is 154 Å². The Morgan fingerprint density at radius 2 is 2.16 bits per heavy atom. The molecule has 1 heterocycles. The van der Waals surface area contributed by atoms with E-state index in [9.17, 15) is 13.2 Å². The number of rotatable bonds is 6. The summed E-state index contributed by atoms with van der Waals surface area (Å²) in [6.07, 6.45) is 1.32. The molecule has 0 saturated carbocycles. The van der Waals surface area contributed by atoms with Crippen molar-refractivity contribution in [2.45, 2.75) is 31.6 Å². The highest BCUT2D eigenvalue weighted by Crippen LogP contribution is 2.31. The van der Waals surface area contributed by atoms with Crippen molar-refractivity contribution in [3.63, 3.8) is 0 Å². The maximum atomic E-state index is 13.0. The molecule has 1 atom stereocenters. The highest BCUT2D eigenvalue weighted by atomic mass is 35.5. The number of hydrogen-bond donors (Lipinski definition) is 1. The van der Waals surface area contributed by atoms with E-state index in [4.69, 9.17) is 16.3 Å². The van der Waals surface area contributed by atoms with Crippen molar-refractivity contribution in [3.05, 3.63) is 23.2 Å². The third-order valence-corrected chi connectivity index (χ3v) is 6.30. The van der Waals surface area contributed by atoms with Gasteiger partial charge < -0.3 is 10.1 Å². The van der Waals surface area contributed by atoms with Gasteiger partial charge in [0.25, 0.3) is 0 Å². The molecule has 0 bridgehead atoms. The quantitative estimate of drug-likeness (QED) is 0.812. The second-order valence-corrected chi connectivity index (χ2v) is 8.98. The summed E-state index contributed by atoms with van der Waals surface area (Å²) in [6.45, 7) is 5.17. The van der Waals surface area contributed by atoms with Crippen molar-refractivity contribution in [1.29, 1.82) is 0 Å². The fourth-order valence-electron chi connectivity index (χ4n) is 2.81. The molecular weight excluding hydrogens is 364 g/mol. The summed E-state index contributed by atoms with van der Waals surface area (Å²) in [4.78, 5) is 12.3. The Hall–Kier alpha value is -1.31. The number of nitrogens with one attached hydrogen (secondary N) is 1. The van der Waals surface area contributed by atoms with E-state index in [0.717, 1.165) is 0 Å². The first-order valence-electron chi connectivity index (χ1n) is 8.37. The normalized spacial score (nSPS) is 19.0. The first-order chi connectivity index (χ1) is 11.8. The standard InChI is InChI=1S/C17H25ClN2O4S/c1-12(2)10-19-17(21)13-5-4-8-20(11-13)25(22,23)16-9-14(18)6-7-15(16)24-3/h6-7,9,12-13H,4-5,8,10-11H2,1-3H3,(H,19,21)/t13-/m1/s1. The van der Waals surface area contributed by atoms with Crippen LogP contribution in [0.3, 0.4) is 0 Å². The van der Waals surface area contributed by atoms with E-state index >= 15 is 0 Å². The van der Waals surface area contributed by atoms with Crippen molar-refractivity contribution < 1.29 is 17.9 Å². The van der Waals surface area contributed by atoms with Gasteiger partial charge in [-0.3, -0.25) is 4.79 Å². The number of hydrogen-bond acceptors (Lipinski definition) is 4. The molecule has 0 aliphatic carbocycles. The third-order valence-electron chi connectivity index (χ3n) is 4.18. The van der Waals surface area contributed by atoms with Gasteiger partial charge in [-0.25, -0.2) is 8.42 Å². The van der Waals surface area contributed by atoms with Crippen molar-refractivity contribution in [2.24, 2.45) is 11.8 Å². The van der Waals surface area contributed by atoms with Crippen LogP contribution in [0.5, 0.6) is 5.75 Å². The molecule has 1 aromatic carbocycles. The first kappa shape index (κ1) is 20.0. The molecule has 2 rings (SSSR count). The van der Waals surface area contributed by atoms with Gasteiger partial charge in [0.15, 0.2) is 0 Å². The Balaban J connectivity index is 2.20. The van der Waals surface area contributed by atoms with Crippen molar-refractivity contribution in [1.82, 2.24) is 9.62 Å². The summed E-state index contributed by atoms with van der Waals surface area (Å²) < 4.78 is 32.5. The molecule has 140 valence electrons. The van der Waals surface area contributed by atoms with Crippen LogP contribution in [0.1, 0.15) is 26.7 Å². The Morgan fingerprint density at radius 3 is 2.80 bits per heavy atom. The summed E-state index contributed by atoms with van der Waals surface area (Å²) in [7, 11) is -2.36. The average molecular weight is 389 g/mol. The largest absolute Gasteiger partial charge is 0.495 e. The van der Waals surface area contributed by atoms with Gasteiger partial charge in [0.05, 0.1) is 13.0 Å². The average Bonchev–Trinajstić information content (AvgIpc) is 2.59. The highest BCUT2D eigenvalue weighted by Gasteiger charge is 2.34. The minimum atomic E-state index is -3.78. The summed E-state index contributed by atoms with van der Waals surface area (Å²) in [5.74, 6) is 0.165. The van der Waals surface area contributed by atoms with Crippen LogP contribution in [-0.2, 0) is 14.8 Å². The van der Waals surface area contributed by atoms with Crippen molar-refractivity contribution in [3.8, 4) is 5.75 Å². The predicted octanol–water partition coefficient (Wildman–Crippen LogP) is 2.52. The van der Waals surface area contributed by atoms with Gasteiger partial charge in [0.2, 0.25) is 15.9 Å². The number of carbonyl (C=O) groups is 1. The van der Waals surface area contributed by atoms with Gasteiger partial charge in [-0.2, -0.15) is 4.31 Å². The van der Waals surface area contributed by atoms with E-state index in [1.807, 2.05) is 13.8 Å². The SMILES string of the molecule is COc1ccc(Cl)cc1S(=O)(=O)N1CCC[C@@H](C(=O)NCC(C)C)C1. The lowest BCUT2D eigenvalue weighted by atomic mass is 9.98. The second kappa shape index (κ2) is 8.38. The second-order valence-electron chi connectivity index (χ2n) is 6.64. The monoisotopic (exact) mass is 388 g/mol. The van der Waals surface area contributed by atoms with Gasteiger partial charge in [-0.05, 0) is 37.0 Å². The van der Waals surface area contributed by atoms with Crippen molar-refractivity contribution in [2.75, 3.05) is 26.7 Å². The maximum absolute atomic E-state index is 13.0. The fraction of sp³-hybridized carbons (Fsp3) is 0.588. The van der Waals surface area contributed by atoms with E-state index in [0.29, 0.717) is 36.9 Å². The van der Waals surface area contributed by atoms with Crippen LogP contribution < -0.4 is 10.1 Å². The highest BCUT2D eigenvalue weighted by molar-refractivity contribution is 7.89. The number of halogens is 1. The minimum Gasteiger partial charge on any atom is -0.495 e. The van der Waals surface area contributed by atoms with Crippen LogP contribution in [0.25, 0.3) is 0 Å². The molecule has 0 spiro atoms. The number of sulfonamides is 1. The smallest absolute Gasteiger partial charge is 0.246 e. The third kappa shape index (κ3) is 4.86. The zero-order chi connectivity index (χ0) is 18.6. The fourth-order valence-corrected chi connectivity index (χ4v) is 4.76. The van der Waals surface area contributed by atoms with Crippen LogP contribution in [0, 0.1) is 11.8 Å². The van der Waals surface area contributed by atoms with E-state index in [-0.39, 0.29) is 29.0 Å². The van der Waals surface area contributed by atoms with Gasteiger partial charge in [-0.1, -0.05) is 25.4 Å².